The van der Waals surface area contributed by atoms with Gasteiger partial charge in [-0.1, -0.05) is 66.4 Å². The van der Waals surface area contributed by atoms with Gasteiger partial charge in [-0.25, -0.2) is 9.97 Å². The van der Waals surface area contributed by atoms with E-state index in [0.29, 0.717) is 23.3 Å². The molecule has 0 aliphatic rings. The molecule has 0 fully saturated rings. The first-order valence-electron chi connectivity index (χ1n) is 10.2. The molecular weight excluding hydrogens is 440 g/mol. The first kappa shape index (κ1) is 20.6. The molecule has 2 aromatic carbocycles. The molecule has 0 bridgehead atoms. The van der Waals surface area contributed by atoms with Gasteiger partial charge in [-0.3, -0.25) is 4.79 Å². The second-order valence-corrected chi connectivity index (χ2v) is 9.37. The molecule has 0 unspecified atom stereocenters. The largest absolute Gasteiger partial charge is 0.320 e. The Morgan fingerprint density at radius 1 is 1.19 bits per heavy atom. The third-order valence-corrected chi connectivity index (χ3v) is 7.27. The number of para-hydroxylation sites is 2. The SMILES string of the molecule is C=CCn1c2ccccc2c2nnc(S[C@@H](CC)C(=O)Nc3nc4ccccc4s3)nc21. The summed E-state index contributed by atoms with van der Waals surface area (Å²) in [5.74, 6) is -0.119. The van der Waals surface area contributed by atoms with E-state index in [0.717, 1.165) is 32.3 Å². The lowest BCUT2D eigenvalue weighted by Crippen LogP contribution is -2.24. The molecule has 3 heterocycles. The summed E-state index contributed by atoms with van der Waals surface area (Å²) < 4.78 is 3.11. The van der Waals surface area contributed by atoms with E-state index in [9.17, 15) is 4.79 Å². The minimum atomic E-state index is -0.363. The number of anilines is 1. The molecule has 0 radical (unpaired) electrons. The zero-order chi connectivity index (χ0) is 22.1. The number of allylic oxidation sites excluding steroid dienone is 1. The molecule has 7 nitrogen and oxygen atoms in total. The number of thioether (sulfide) groups is 1. The standard InChI is InChI=1S/C23H20N6OS2/c1-3-13-29-16-11-7-5-9-14(16)19-20(29)25-23(28-27-19)31-17(4-2)21(30)26-22-24-15-10-6-8-12-18(15)32-22/h3,5-12,17H,1,4,13H2,2H3,(H,24,26,30)/t17-/m0/s1. The Kier molecular flexibility index (Phi) is 5.59. The summed E-state index contributed by atoms with van der Waals surface area (Å²) in [4.78, 5) is 22.2. The number of thiazole rings is 1. The Balaban J connectivity index is 1.42. The summed E-state index contributed by atoms with van der Waals surface area (Å²) in [6.07, 6.45) is 2.46. The maximum absolute atomic E-state index is 12.9. The fourth-order valence-electron chi connectivity index (χ4n) is 3.61. The third kappa shape index (κ3) is 3.74. The van der Waals surface area contributed by atoms with Crippen LogP contribution in [-0.2, 0) is 11.3 Å². The van der Waals surface area contributed by atoms with Gasteiger partial charge < -0.3 is 9.88 Å². The molecule has 0 aliphatic carbocycles. The van der Waals surface area contributed by atoms with E-state index in [4.69, 9.17) is 4.98 Å². The molecule has 0 saturated carbocycles. The Hall–Kier alpha value is -3.30. The molecule has 32 heavy (non-hydrogen) atoms. The number of rotatable bonds is 7. The summed E-state index contributed by atoms with van der Waals surface area (Å²) >= 11 is 2.78. The van der Waals surface area contributed by atoms with Crippen molar-refractivity contribution in [2.75, 3.05) is 5.32 Å². The predicted octanol–water partition coefficient (Wildman–Crippen LogP) is 5.28. The van der Waals surface area contributed by atoms with Crippen LogP contribution in [0.1, 0.15) is 13.3 Å². The highest BCUT2D eigenvalue weighted by Gasteiger charge is 2.22. The van der Waals surface area contributed by atoms with Crippen LogP contribution in [0.2, 0.25) is 0 Å². The molecule has 0 saturated heterocycles. The Bertz CT molecular complexity index is 1420. The van der Waals surface area contributed by atoms with Gasteiger partial charge in [0.25, 0.3) is 0 Å². The van der Waals surface area contributed by atoms with Crippen molar-refractivity contribution in [2.45, 2.75) is 30.3 Å². The van der Waals surface area contributed by atoms with Gasteiger partial charge in [-0.2, -0.15) is 0 Å². The molecule has 5 aromatic rings. The lowest BCUT2D eigenvalue weighted by atomic mass is 10.2. The normalized spacial score (nSPS) is 12.4. The van der Waals surface area contributed by atoms with Crippen LogP contribution in [0, 0.1) is 0 Å². The fraction of sp³-hybridized carbons (Fsp3) is 0.174. The molecule has 5 rings (SSSR count). The van der Waals surface area contributed by atoms with Gasteiger partial charge in [0.05, 0.1) is 21.0 Å². The van der Waals surface area contributed by atoms with Crippen molar-refractivity contribution in [1.82, 2.24) is 24.7 Å². The highest BCUT2D eigenvalue weighted by Crippen LogP contribution is 2.30. The molecule has 160 valence electrons. The van der Waals surface area contributed by atoms with Crippen LogP contribution in [-0.4, -0.2) is 35.9 Å². The van der Waals surface area contributed by atoms with Crippen LogP contribution in [0.25, 0.3) is 32.3 Å². The lowest BCUT2D eigenvalue weighted by Gasteiger charge is -2.12. The average molecular weight is 461 g/mol. The van der Waals surface area contributed by atoms with E-state index in [-0.39, 0.29) is 11.2 Å². The van der Waals surface area contributed by atoms with E-state index < -0.39 is 0 Å². The smallest absolute Gasteiger partial charge is 0.239 e. The highest BCUT2D eigenvalue weighted by atomic mass is 32.2. The molecule has 3 aromatic heterocycles. The number of carbonyl (C=O) groups excluding carboxylic acids is 1. The molecule has 1 atom stereocenters. The van der Waals surface area contributed by atoms with Crippen molar-refractivity contribution in [3.8, 4) is 0 Å². The van der Waals surface area contributed by atoms with Crippen molar-refractivity contribution >= 4 is 66.4 Å². The second-order valence-electron chi connectivity index (χ2n) is 7.17. The zero-order valence-electron chi connectivity index (χ0n) is 17.4. The minimum Gasteiger partial charge on any atom is -0.320 e. The van der Waals surface area contributed by atoms with Crippen molar-refractivity contribution in [2.24, 2.45) is 0 Å². The summed E-state index contributed by atoms with van der Waals surface area (Å²) in [5, 5.41) is 13.4. The van der Waals surface area contributed by atoms with E-state index in [2.05, 4.69) is 31.6 Å². The number of aromatic nitrogens is 5. The van der Waals surface area contributed by atoms with Crippen LogP contribution >= 0.6 is 23.1 Å². The number of amides is 1. The van der Waals surface area contributed by atoms with E-state index >= 15 is 0 Å². The van der Waals surface area contributed by atoms with Crippen molar-refractivity contribution in [3.05, 3.63) is 61.2 Å². The van der Waals surface area contributed by atoms with Crippen molar-refractivity contribution in [1.29, 1.82) is 0 Å². The van der Waals surface area contributed by atoms with Crippen LogP contribution < -0.4 is 5.32 Å². The topological polar surface area (TPSA) is 85.6 Å². The van der Waals surface area contributed by atoms with Gasteiger partial charge in [0.2, 0.25) is 11.1 Å². The van der Waals surface area contributed by atoms with E-state index in [1.807, 2.05) is 61.5 Å². The van der Waals surface area contributed by atoms with Gasteiger partial charge in [-0.15, -0.1) is 16.8 Å². The van der Waals surface area contributed by atoms with Gasteiger partial charge in [0, 0.05) is 11.9 Å². The maximum Gasteiger partial charge on any atom is 0.239 e. The average Bonchev–Trinajstić information content (AvgIpc) is 3.36. The Morgan fingerprint density at radius 3 is 2.81 bits per heavy atom. The monoisotopic (exact) mass is 460 g/mol. The predicted molar refractivity (Wildman–Crippen MR) is 131 cm³/mol. The number of benzene rings is 2. The van der Waals surface area contributed by atoms with E-state index in [1.165, 1.54) is 23.1 Å². The van der Waals surface area contributed by atoms with Crippen molar-refractivity contribution in [3.63, 3.8) is 0 Å². The molecule has 0 spiro atoms. The van der Waals surface area contributed by atoms with Crippen LogP contribution in [0.15, 0.2) is 66.3 Å². The quantitative estimate of drug-likeness (QED) is 0.263. The van der Waals surface area contributed by atoms with Crippen LogP contribution in [0.3, 0.4) is 0 Å². The number of nitrogens with one attached hydrogen (secondary N) is 1. The first-order chi connectivity index (χ1) is 15.7. The van der Waals surface area contributed by atoms with Crippen LogP contribution in [0.5, 0.6) is 0 Å². The molecule has 9 heteroatoms. The Morgan fingerprint density at radius 2 is 2.00 bits per heavy atom. The maximum atomic E-state index is 12.9. The molecule has 1 amide bonds. The summed E-state index contributed by atoms with van der Waals surface area (Å²) in [5.41, 5.74) is 3.40. The minimum absolute atomic E-state index is 0.119. The van der Waals surface area contributed by atoms with Crippen molar-refractivity contribution < 1.29 is 4.79 Å². The highest BCUT2D eigenvalue weighted by molar-refractivity contribution is 8.00. The summed E-state index contributed by atoms with van der Waals surface area (Å²) in [6.45, 7) is 6.45. The number of carbonyl (C=O) groups is 1. The Labute approximate surface area is 192 Å². The lowest BCUT2D eigenvalue weighted by molar-refractivity contribution is -0.115. The molecular formula is C23H20N6OS2. The van der Waals surface area contributed by atoms with Gasteiger partial charge >= 0.3 is 0 Å². The van der Waals surface area contributed by atoms with Crippen LogP contribution in [0.4, 0.5) is 5.13 Å². The van der Waals surface area contributed by atoms with Gasteiger partial charge in [-0.05, 0) is 24.6 Å². The van der Waals surface area contributed by atoms with Gasteiger partial charge in [0.1, 0.15) is 5.52 Å². The molecule has 1 N–H and O–H groups in total. The third-order valence-electron chi connectivity index (χ3n) is 5.10. The zero-order valence-corrected chi connectivity index (χ0v) is 19.0. The summed E-state index contributed by atoms with van der Waals surface area (Å²) in [7, 11) is 0. The number of nitrogens with zero attached hydrogens (tertiary/aromatic N) is 5. The van der Waals surface area contributed by atoms with Gasteiger partial charge in [0.15, 0.2) is 10.8 Å². The first-order valence-corrected chi connectivity index (χ1v) is 11.9. The summed E-state index contributed by atoms with van der Waals surface area (Å²) in [6, 6.07) is 15.8. The number of hydrogen-bond acceptors (Lipinski definition) is 7. The fourth-order valence-corrected chi connectivity index (χ4v) is 5.30. The van der Waals surface area contributed by atoms with E-state index in [1.54, 1.807) is 0 Å². The second kappa shape index (κ2) is 8.68. The number of hydrogen-bond donors (Lipinski definition) is 1. The number of fused-ring (bicyclic) bond motifs is 4. The molecule has 0 aliphatic heterocycles.